The van der Waals surface area contributed by atoms with Crippen LogP contribution in [0.15, 0.2) is 18.2 Å². The zero-order valence-electron chi connectivity index (χ0n) is 15.3. The van der Waals surface area contributed by atoms with Crippen LogP contribution in [0.2, 0.25) is 5.02 Å². The molecule has 0 aliphatic carbocycles. The zero-order valence-corrected chi connectivity index (χ0v) is 16.0. The van der Waals surface area contributed by atoms with E-state index in [0.717, 1.165) is 16.3 Å². The van der Waals surface area contributed by atoms with Gasteiger partial charge < -0.3 is 15.0 Å². The van der Waals surface area contributed by atoms with Gasteiger partial charge in [0.1, 0.15) is 5.60 Å². The number of halogens is 1. The lowest BCUT2D eigenvalue weighted by Crippen LogP contribution is -2.49. The van der Waals surface area contributed by atoms with Crippen molar-refractivity contribution in [3.8, 4) is 0 Å². The van der Waals surface area contributed by atoms with Crippen LogP contribution in [-0.2, 0) is 4.74 Å². The Bertz CT molecular complexity index is 545. The van der Waals surface area contributed by atoms with Crippen LogP contribution in [0.3, 0.4) is 0 Å². The molecule has 0 spiro atoms. The van der Waals surface area contributed by atoms with Crippen molar-refractivity contribution in [2.45, 2.75) is 59.6 Å². The number of anilines is 1. The van der Waals surface area contributed by atoms with Gasteiger partial charge in [-0.25, -0.2) is 4.79 Å². The second-order valence-corrected chi connectivity index (χ2v) is 8.10. The normalized spacial score (nSPS) is 12.0. The van der Waals surface area contributed by atoms with Crippen LogP contribution >= 0.6 is 11.6 Å². The van der Waals surface area contributed by atoms with E-state index in [4.69, 9.17) is 16.3 Å². The van der Waals surface area contributed by atoms with Crippen LogP contribution in [0.5, 0.6) is 0 Å². The van der Waals surface area contributed by atoms with Crippen molar-refractivity contribution in [2.24, 2.45) is 0 Å². The molecule has 130 valence electrons. The van der Waals surface area contributed by atoms with Gasteiger partial charge in [-0.3, -0.25) is 0 Å². The highest BCUT2D eigenvalue weighted by molar-refractivity contribution is 6.31. The first-order valence-electron chi connectivity index (χ1n) is 7.91. The van der Waals surface area contributed by atoms with Crippen molar-refractivity contribution in [3.63, 3.8) is 0 Å². The summed E-state index contributed by atoms with van der Waals surface area (Å²) in [5.74, 6) is 0. The fraction of sp³-hybridized carbons (Fsp3) is 0.611. The van der Waals surface area contributed by atoms with E-state index < -0.39 is 5.60 Å². The van der Waals surface area contributed by atoms with E-state index in [0.29, 0.717) is 13.1 Å². The van der Waals surface area contributed by atoms with Gasteiger partial charge in [0, 0.05) is 29.3 Å². The Morgan fingerprint density at radius 1 is 1.22 bits per heavy atom. The molecule has 0 aliphatic rings. The monoisotopic (exact) mass is 340 g/mol. The third-order valence-corrected chi connectivity index (χ3v) is 3.67. The Balaban J connectivity index is 2.68. The fourth-order valence-electron chi connectivity index (χ4n) is 2.03. The van der Waals surface area contributed by atoms with Crippen molar-refractivity contribution in [3.05, 3.63) is 28.8 Å². The van der Waals surface area contributed by atoms with Crippen molar-refractivity contribution < 1.29 is 9.53 Å². The Morgan fingerprint density at radius 2 is 1.83 bits per heavy atom. The first kappa shape index (κ1) is 19.6. The molecule has 0 heterocycles. The van der Waals surface area contributed by atoms with Crippen LogP contribution in [-0.4, -0.2) is 35.2 Å². The Kier molecular flexibility index (Phi) is 6.34. The SMILES string of the molecule is Cc1ccc(NCCN(C(=O)OC(C)(C)C)C(C)(C)C)cc1Cl. The van der Waals surface area contributed by atoms with E-state index >= 15 is 0 Å². The average molecular weight is 341 g/mol. The lowest BCUT2D eigenvalue weighted by Gasteiger charge is -2.37. The Morgan fingerprint density at radius 3 is 2.30 bits per heavy atom. The molecule has 0 bridgehead atoms. The summed E-state index contributed by atoms with van der Waals surface area (Å²) in [4.78, 5) is 14.1. The predicted molar refractivity (Wildman–Crippen MR) is 97.4 cm³/mol. The molecule has 1 aromatic carbocycles. The molecule has 0 aromatic heterocycles. The molecule has 0 saturated heterocycles. The van der Waals surface area contributed by atoms with Gasteiger partial charge in [-0.1, -0.05) is 17.7 Å². The highest BCUT2D eigenvalue weighted by Gasteiger charge is 2.30. The molecular weight excluding hydrogens is 312 g/mol. The number of carbonyl (C=O) groups is 1. The van der Waals surface area contributed by atoms with Gasteiger partial charge in [0.15, 0.2) is 0 Å². The van der Waals surface area contributed by atoms with Crippen LogP contribution in [0, 0.1) is 6.92 Å². The van der Waals surface area contributed by atoms with Gasteiger partial charge in [0.25, 0.3) is 0 Å². The van der Waals surface area contributed by atoms with Crippen LogP contribution in [0.4, 0.5) is 10.5 Å². The second-order valence-electron chi connectivity index (χ2n) is 7.69. The van der Waals surface area contributed by atoms with Crippen molar-refractivity contribution in [1.29, 1.82) is 0 Å². The second kappa shape index (κ2) is 7.43. The van der Waals surface area contributed by atoms with Crippen LogP contribution in [0.1, 0.15) is 47.1 Å². The average Bonchev–Trinajstić information content (AvgIpc) is 2.35. The zero-order chi connectivity index (χ0) is 17.8. The molecule has 0 saturated carbocycles. The molecule has 0 fully saturated rings. The third-order valence-electron chi connectivity index (χ3n) is 3.26. The number of benzene rings is 1. The van der Waals surface area contributed by atoms with Crippen molar-refractivity contribution >= 4 is 23.4 Å². The number of amides is 1. The quantitative estimate of drug-likeness (QED) is 0.829. The maximum Gasteiger partial charge on any atom is 0.410 e. The van der Waals surface area contributed by atoms with E-state index in [1.807, 2.05) is 66.7 Å². The van der Waals surface area contributed by atoms with Gasteiger partial charge in [-0.2, -0.15) is 0 Å². The summed E-state index contributed by atoms with van der Waals surface area (Å²) >= 11 is 6.13. The highest BCUT2D eigenvalue weighted by atomic mass is 35.5. The van der Waals surface area contributed by atoms with Gasteiger partial charge in [0.2, 0.25) is 0 Å². The summed E-state index contributed by atoms with van der Waals surface area (Å²) in [6.07, 6.45) is -0.297. The predicted octanol–water partition coefficient (Wildman–Crippen LogP) is 5.10. The first-order valence-corrected chi connectivity index (χ1v) is 8.28. The molecular formula is C18H29ClN2O2. The number of hydrogen-bond acceptors (Lipinski definition) is 3. The third kappa shape index (κ3) is 6.69. The molecule has 1 rings (SSSR count). The number of carbonyl (C=O) groups excluding carboxylic acids is 1. The van der Waals surface area contributed by atoms with E-state index in [-0.39, 0.29) is 11.6 Å². The Labute approximate surface area is 145 Å². The molecule has 0 aliphatic heterocycles. The minimum absolute atomic E-state index is 0.297. The highest BCUT2D eigenvalue weighted by Crippen LogP contribution is 2.21. The molecule has 5 heteroatoms. The van der Waals surface area contributed by atoms with Crippen LogP contribution in [0.25, 0.3) is 0 Å². The summed E-state index contributed by atoms with van der Waals surface area (Å²) in [7, 11) is 0. The Hall–Kier alpha value is -1.42. The van der Waals surface area contributed by atoms with Gasteiger partial charge in [0.05, 0.1) is 0 Å². The van der Waals surface area contributed by atoms with Crippen molar-refractivity contribution in [1.82, 2.24) is 4.90 Å². The largest absolute Gasteiger partial charge is 0.444 e. The number of nitrogens with zero attached hydrogens (tertiary/aromatic N) is 1. The molecule has 0 radical (unpaired) electrons. The van der Waals surface area contributed by atoms with E-state index in [1.54, 1.807) is 4.90 Å². The minimum atomic E-state index is -0.501. The summed E-state index contributed by atoms with van der Waals surface area (Å²) in [6, 6.07) is 5.85. The molecule has 1 aromatic rings. The molecule has 4 nitrogen and oxygen atoms in total. The van der Waals surface area contributed by atoms with E-state index in [1.165, 1.54) is 0 Å². The molecule has 23 heavy (non-hydrogen) atoms. The smallest absolute Gasteiger partial charge is 0.410 e. The lowest BCUT2D eigenvalue weighted by atomic mass is 10.1. The number of aryl methyl sites for hydroxylation is 1. The topological polar surface area (TPSA) is 41.6 Å². The minimum Gasteiger partial charge on any atom is -0.444 e. The van der Waals surface area contributed by atoms with E-state index in [9.17, 15) is 4.79 Å². The molecule has 1 N–H and O–H groups in total. The number of ether oxygens (including phenoxy) is 1. The van der Waals surface area contributed by atoms with E-state index in [2.05, 4.69) is 5.32 Å². The standard InChI is InChI=1S/C18H29ClN2O2/c1-13-8-9-14(12-15(13)19)20-10-11-21(17(2,3)4)16(22)23-18(5,6)7/h8-9,12,20H,10-11H2,1-7H3. The molecule has 0 unspecified atom stereocenters. The lowest BCUT2D eigenvalue weighted by molar-refractivity contribution is 0.00749. The number of hydrogen-bond donors (Lipinski definition) is 1. The number of rotatable bonds is 4. The van der Waals surface area contributed by atoms with Gasteiger partial charge in [-0.05, 0) is 66.2 Å². The van der Waals surface area contributed by atoms with Gasteiger partial charge >= 0.3 is 6.09 Å². The van der Waals surface area contributed by atoms with Crippen molar-refractivity contribution in [2.75, 3.05) is 18.4 Å². The summed E-state index contributed by atoms with van der Waals surface area (Å²) in [5, 5.41) is 4.03. The summed E-state index contributed by atoms with van der Waals surface area (Å²) < 4.78 is 5.50. The maximum atomic E-state index is 12.4. The fourth-order valence-corrected chi connectivity index (χ4v) is 2.21. The molecule has 0 atom stereocenters. The van der Waals surface area contributed by atoms with Crippen LogP contribution < -0.4 is 5.32 Å². The number of nitrogens with one attached hydrogen (secondary N) is 1. The first-order chi connectivity index (χ1) is 10.4. The van der Waals surface area contributed by atoms with Gasteiger partial charge in [-0.15, -0.1) is 0 Å². The maximum absolute atomic E-state index is 12.4. The summed E-state index contributed by atoms with van der Waals surface area (Å²) in [5.41, 5.74) is 1.17. The summed E-state index contributed by atoms with van der Waals surface area (Å²) in [6.45, 7) is 14.8. The molecule has 1 amide bonds.